The molecular formula is Pt97. The Morgan fingerprint density at radius 1 is 0.0103 bits per heavy atom. The molecule has 0 radical (unpaired) electrons. The first kappa shape index (κ1) is 973. The van der Waals surface area contributed by atoms with Gasteiger partial charge in [-0.2, -0.15) is 0 Å². The van der Waals surface area contributed by atoms with Gasteiger partial charge in [-0.05, 0) is 0 Å². The first-order chi connectivity index (χ1) is 0. The predicted octanol–water partition coefficient (Wildman–Crippen LogP) is -0.243. The van der Waals surface area contributed by atoms with E-state index in [0.29, 0.717) is 0 Å². The van der Waals surface area contributed by atoms with Crippen LogP contribution in [0.25, 0.3) is 0 Å². The quantitative estimate of drug-likeness (QED) is 0.315. The topological polar surface area (TPSA) is 0 Å². The van der Waals surface area contributed by atoms with Gasteiger partial charge >= 0.3 is 0 Å². The first-order valence-electron chi connectivity index (χ1n) is 0. The van der Waals surface area contributed by atoms with Crippen LogP contribution in [0, 0.1) is 0 Å². The van der Waals surface area contributed by atoms with Crippen LogP contribution in [0.5, 0.6) is 0 Å². The zero-order valence-electron chi connectivity index (χ0n) is 30.7. The zero-order valence-corrected chi connectivity index (χ0v) is 251. The molecule has 0 atom stereocenters. The van der Waals surface area contributed by atoms with Crippen LogP contribution in [-0.2, 0) is 2040 Å². The molecule has 0 aromatic rings. The van der Waals surface area contributed by atoms with E-state index >= 15 is 0 Å². The molecule has 0 N–H and O–H groups in total. The number of hydrogen-bond acceptors (Lipinski definition) is 0. The van der Waals surface area contributed by atoms with Crippen molar-refractivity contribution in [1.29, 1.82) is 0 Å². The average molecular weight is 18900 g/mol. The van der Waals surface area contributed by atoms with Crippen molar-refractivity contribution in [3.8, 4) is 0 Å². The van der Waals surface area contributed by atoms with Crippen LogP contribution in [0.1, 0.15) is 0 Å². The fourth-order valence-electron chi connectivity index (χ4n) is 0. The summed E-state index contributed by atoms with van der Waals surface area (Å²) in [5, 5.41) is 0. The SMILES string of the molecule is [Pt].[Pt].[Pt].[Pt].[Pt].[Pt].[Pt].[Pt].[Pt].[Pt].[Pt].[Pt].[Pt].[Pt].[Pt].[Pt].[Pt].[Pt].[Pt].[Pt].[Pt].[Pt].[Pt].[Pt].[Pt].[Pt].[Pt].[Pt].[Pt].[Pt].[Pt].[Pt].[Pt].[Pt].[Pt].[Pt].[Pt].[Pt].[Pt].[Pt].[Pt].[Pt].[Pt].[Pt].[Pt].[Pt].[Pt].[Pt].[Pt].[Pt].[Pt].[Pt].[Pt].[Pt].[Pt].[Pt].[Pt].[Pt].[Pt].[Pt].[Pt].[Pt].[Pt].[Pt].[Pt].[Pt].[Pt].[Pt].[Pt].[Pt].[Pt].[Pt].[Pt].[Pt].[Pt].[Pt].[Pt].[Pt].[Pt].[Pt].[Pt].[Pt].[Pt].[Pt].[Pt].[Pt].[Pt].[Pt].[Pt].[Pt].[Pt].[Pt].[Pt].[Pt].[Pt].[Pt].[Pt]. The van der Waals surface area contributed by atoms with Gasteiger partial charge in [0.15, 0.2) is 0 Å². The van der Waals surface area contributed by atoms with Gasteiger partial charge in [-0.3, -0.25) is 0 Å². The monoisotopic (exact) mass is 18900 g/mol. The predicted molar refractivity (Wildman–Crippen MR) is 0 cm³/mol. The maximum atomic E-state index is 0. The Labute approximate surface area is 1980 Å². The molecular weight excluding hydrogens is 18900 g/mol. The molecule has 0 fully saturated rings. The molecule has 97 heavy (non-hydrogen) atoms. The Morgan fingerprint density at radius 2 is 0.0103 bits per heavy atom. The van der Waals surface area contributed by atoms with Gasteiger partial charge < -0.3 is 0 Å². The second kappa shape index (κ2) is 955. The van der Waals surface area contributed by atoms with Gasteiger partial charge in [0.1, 0.15) is 0 Å². The molecule has 970 valence electrons. The molecule has 0 unspecified atom stereocenters. The van der Waals surface area contributed by atoms with Crippen LogP contribution < -0.4 is 0 Å². The van der Waals surface area contributed by atoms with E-state index in [1.54, 1.807) is 0 Å². The van der Waals surface area contributed by atoms with E-state index in [9.17, 15) is 0 Å². The summed E-state index contributed by atoms with van der Waals surface area (Å²) >= 11 is 0. The molecule has 0 aliphatic carbocycles. The minimum absolute atomic E-state index is 0. The van der Waals surface area contributed by atoms with E-state index in [1.807, 2.05) is 0 Å². The van der Waals surface area contributed by atoms with E-state index in [-0.39, 0.29) is 2040 Å². The van der Waals surface area contributed by atoms with Gasteiger partial charge in [0, 0.05) is 2040 Å². The molecule has 0 nitrogen and oxygen atoms in total. The molecule has 97 heteroatoms. The first-order valence-corrected chi connectivity index (χ1v) is 0. The second-order valence-electron chi connectivity index (χ2n) is 0. The van der Waals surface area contributed by atoms with Gasteiger partial charge in [0.05, 0.1) is 0 Å². The molecule has 0 heterocycles. The number of hydrogen-bond donors (Lipinski definition) is 0. The van der Waals surface area contributed by atoms with Crippen LogP contribution in [0.3, 0.4) is 0 Å². The fourth-order valence-corrected chi connectivity index (χ4v) is 0. The molecule has 0 rings (SSSR count). The molecule has 0 aliphatic rings. The maximum Gasteiger partial charge on any atom is 0 e. The second-order valence-corrected chi connectivity index (χ2v) is 0. The van der Waals surface area contributed by atoms with E-state index in [2.05, 4.69) is 0 Å². The van der Waals surface area contributed by atoms with Crippen LogP contribution in [0.4, 0.5) is 0 Å². The Hall–Kier alpha value is 66.8. The third kappa shape index (κ3) is 944. The summed E-state index contributed by atoms with van der Waals surface area (Å²) in [6.07, 6.45) is 0. The van der Waals surface area contributed by atoms with Crippen molar-refractivity contribution >= 4 is 0 Å². The van der Waals surface area contributed by atoms with Crippen molar-refractivity contribution in [2.75, 3.05) is 0 Å². The smallest absolute Gasteiger partial charge is 0 e. The minimum Gasteiger partial charge on any atom is 0 e. The Bertz CT molecular complexity index is 0. The van der Waals surface area contributed by atoms with Crippen LogP contribution in [-0.4, -0.2) is 0 Å². The molecule has 0 saturated heterocycles. The van der Waals surface area contributed by atoms with Crippen LogP contribution >= 0.6 is 0 Å². The van der Waals surface area contributed by atoms with Crippen molar-refractivity contribution in [3.63, 3.8) is 0 Å². The van der Waals surface area contributed by atoms with Gasteiger partial charge in [0.2, 0.25) is 0 Å². The standard InChI is InChI=1S/97Pt. The Balaban J connectivity index is 0. The third-order valence-electron chi connectivity index (χ3n) is 0. The molecule has 0 aliphatic heterocycles. The summed E-state index contributed by atoms with van der Waals surface area (Å²) in [5.74, 6) is 0. The van der Waals surface area contributed by atoms with E-state index in [4.69, 9.17) is 0 Å². The summed E-state index contributed by atoms with van der Waals surface area (Å²) in [6.45, 7) is 0. The van der Waals surface area contributed by atoms with Gasteiger partial charge in [-0.25, -0.2) is 0 Å². The normalized spacial score (nSPS) is 0. The summed E-state index contributed by atoms with van der Waals surface area (Å²) in [5.41, 5.74) is 0. The van der Waals surface area contributed by atoms with Gasteiger partial charge in [0.25, 0.3) is 0 Å². The summed E-state index contributed by atoms with van der Waals surface area (Å²) < 4.78 is 0. The maximum absolute atomic E-state index is 0. The van der Waals surface area contributed by atoms with Gasteiger partial charge in [-0.15, -0.1) is 0 Å². The molecule has 0 bridgehead atoms. The summed E-state index contributed by atoms with van der Waals surface area (Å²) in [7, 11) is 0. The molecule has 0 spiro atoms. The van der Waals surface area contributed by atoms with Crippen LogP contribution in [0.2, 0.25) is 0 Å². The van der Waals surface area contributed by atoms with Crippen molar-refractivity contribution in [1.82, 2.24) is 0 Å². The molecule has 0 amide bonds. The van der Waals surface area contributed by atoms with Crippen molar-refractivity contribution in [2.45, 2.75) is 0 Å². The average Bonchev–Trinajstić information content (AvgIpc) is 0. The minimum atomic E-state index is 0. The largest absolute Gasteiger partial charge is 0 e. The van der Waals surface area contributed by atoms with E-state index in [0.717, 1.165) is 0 Å². The molecule has 0 aromatic carbocycles. The summed E-state index contributed by atoms with van der Waals surface area (Å²) in [6, 6.07) is 0. The van der Waals surface area contributed by atoms with E-state index < -0.39 is 0 Å². The van der Waals surface area contributed by atoms with Crippen molar-refractivity contribution < 1.29 is 2040 Å². The Kier molecular flexibility index (Phi) is 9590. The van der Waals surface area contributed by atoms with Crippen molar-refractivity contribution in [3.05, 3.63) is 0 Å². The van der Waals surface area contributed by atoms with E-state index in [1.165, 1.54) is 0 Å². The summed E-state index contributed by atoms with van der Waals surface area (Å²) in [4.78, 5) is 0. The van der Waals surface area contributed by atoms with Crippen LogP contribution in [0.15, 0.2) is 0 Å². The fraction of sp³-hybridized carbons (Fsp3) is 0. The Morgan fingerprint density at radius 3 is 0.0103 bits per heavy atom. The molecule has 0 aromatic heterocycles. The van der Waals surface area contributed by atoms with Gasteiger partial charge in [-0.1, -0.05) is 0 Å². The number of rotatable bonds is 0. The zero-order chi connectivity index (χ0) is 0. The third-order valence-corrected chi connectivity index (χ3v) is 0. The molecule has 0 saturated carbocycles. The van der Waals surface area contributed by atoms with Crippen molar-refractivity contribution in [2.24, 2.45) is 0 Å².